The Bertz CT molecular complexity index is 589. The maximum Gasteiger partial charge on any atom is 0.123 e. The smallest absolute Gasteiger partial charge is 0.123 e. The predicted molar refractivity (Wildman–Crippen MR) is 79.1 cm³/mol. The molecular weight excluding hydrogens is 256 g/mol. The first kappa shape index (κ1) is 12.6. The molecule has 0 N–H and O–H groups in total. The van der Waals surface area contributed by atoms with Crippen LogP contribution in [0.2, 0.25) is 0 Å². The molecule has 0 bridgehead atoms. The van der Waals surface area contributed by atoms with Crippen LogP contribution in [0.15, 0.2) is 48.5 Å². The van der Waals surface area contributed by atoms with Gasteiger partial charge in [-0.2, -0.15) is 0 Å². The molecule has 2 aromatic carbocycles. The summed E-state index contributed by atoms with van der Waals surface area (Å²) < 4.78 is 5.71. The number of rotatable bonds is 2. The number of hydrogen-bond donors (Lipinski definition) is 0. The quantitative estimate of drug-likeness (QED) is 0.721. The van der Waals surface area contributed by atoms with E-state index in [1.807, 2.05) is 24.3 Å². The van der Waals surface area contributed by atoms with Crippen molar-refractivity contribution in [1.29, 1.82) is 0 Å². The zero-order valence-electron chi connectivity index (χ0n) is 11.2. The summed E-state index contributed by atoms with van der Waals surface area (Å²) in [6.45, 7) is 5.15. The molecule has 0 saturated carbocycles. The number of benzene rings is 2. The largest absolute Gasteiger partial charge is 0.492 e. The molecule has 1 heterocycles. The predicted octanol–water partition coefficient (Wildman–Crippen LogP) is 4.68. The van der Waals surface area contributed by atoms with Crippen LogP contribution in [0.4, 0.5) is 0 Å². The van der Waals surface area contributed by atoms with E-state index < -0.39 is 0 Å². The van der Waals surface area contributed by atoms with Crippen LogP contribution in [0.3, 0.4) is 0 Å². The molecule has 19 heavy (non-hydrogen) atoms. The van der Waals surface area contributed by atoms with Crippen LogP contribution in [-0.4, -0.2) is 6.61 Å². The van der Waals surface area contributed by atoms with Gasteiger partial charge in [0.1, 0.15) is 5.75 Å². The number of halogens is 1. The minimum Gasteiger partial charge on any atom is -0.492 e. The summed E-state index contributed by atoms with van der Waals surface area (Å²) in [5.74, 6) is 0.991. The van der Waals surface area contributed by atoms with Gasteiger partial charge in [0.25, 0.3) is 0 Å². The second-order valence-corrected chi connectivity index (χ2v) is 6.14. The van der Waals surface area contributed by atoms with E-state index >= 15 is 0 Å². The van der Waals surface area contributed by atoms with E-state index in [4.69, 9.17) is 16.3 Å². The van der Waals surface area contributed by atoms with E-state index in [-0.39, 0.29) is 10.8 Å². The minimum atomic E-state index is -0.108. The van der Waals surface area contributed by atoms with E-state index in [9.17, 15) is 0 Å². The SMILES string of the molecule is CC1(C)COc2ccc(C(Cl)c3ccccc3)cc21. The van der Waals surface area contributed by atoms with Crippen LogP contribution in [0, 0.1) is 0 Å². The average molecular weight is 273 g/mol. The van der Waals surface area contributed by atoms with Gasteiger partial charge in [0, 0.05) is 11.0 Å². The van der Waals surface area contributed by atoms with Gasteiger partial charge in [0.2, 0.25) is 0 Å². The summed E-state index contributed by atoms with van der Waals surface area (Å²) in [5.41, 5.74) is 3.58. The standard InChI is InChI=1S/C17H17ClO/c1-17(2)11-19-15-9-8-13(10-14(15)17)16(18)12-6-4-3-5-7-12/h3-10,16H,11H2,1-2H3. The van der Waals surface area contributed by atoms with Crippen molar-refractivity contribution in [3.63, 3.8) is 0 Å². The van der Waals surface area contributed by atoms with Crippen LogP contribution in [0.25, 0.3) is 0 Å². The zero-order valence-corrected chi connectivity index (χ0v) is 11.9. The normalized spacial score (nSPS) is 17.6. The Kier molecular flexibility index (Phi) is 3.02. The van der Waals surface area contributed by atoms with Gasteiger partial charge in [-0.15, -0.1) is 11.6 Å². The third-order valence-corrected chi connectivity index (χ3v) is 4.21. The lowest BCUT2D eigenvalue weighted by Gasteiger charge is -2.17. The van der Waals surface area contributed by atoms with Crippen molar-refractivity contribution in [2.45, 2.75) is 24.6 Å². The first-order valence-electron chi connectivity index (χ1n) is 6.54. The number of alkyl halides is 1. The zero-order chi connectivity index (χ0) is 13.5. The molecule has 3 rings (SSSR count). The minimum absolute atomic E-state index is 0.0681. The van der Waals surface area contributed by atoms with Crippen LogP contribution in [-0.2, 0) is 5.41 Å². The Hall–Kier alpha value is -1.47. The van der Waals surface area contributed by atoms with Crippen LogP contribution in [0.5, 0.6) is 5.75 Å². The molecule has 0 fully saturated rings. The molecule has 0 aliphatic carbocycles. The molecule has 98 valence electrons. The van der Waals surface area contributed by atoms with Crippen molar-refractivity contribution < 1.29 is 4.74 Å². The number of hydrogen-bond acceptors (Lipinski definition) is 1. The molecule has 2 aromatic rings. The number of fused-ring (bicyclic) bond motifs is 1. The second-order valence-electron chi connectivity index (χ2n) is 5.70. The van der Waals surface area contributed by atoms with Crippen molar-refractivity contribution in [3.8, 4) is 5.75 Å². The van der Waals surface area contributed by atoms with Crippen LogP contribution in [0.1, 0.15) is 35.9 Å². The fraction of sp³-hybridized carbons (Fsp3) is 0.294. The highest BCUT2D eigenvalue weighted by Gasteiger charge is 2.32. The third kappa shape index (κ3) is 2.23. The first-order chi connectivity index (χ1) is 9.08. The van der Waals surface area contributed by atoms with Crippen molar-refractivity contribution >= 4 is 11.6 Å². The Morgan fingerprint density at radius 1 is 1.05 bits per heavy atom. The van der Waals surface area contributed by atoms with Gasteiger partial charge >= 0.3 is 0 Å². The Morgan fingerprint density at radius 3 is 2.53 bits per heavy atom. The lowest BCUT2D eigenvalue weighted by molar-refractivity contribution is 0.291. The second kappa shape index (κ2) is 4.57. The molecular formula is C17H17ClO. The topological polar surface area (TPSA) is 9.23 Å². The summed E-state index contributed by atoms with van der Waals surface area (Å²) in [6, 6.07) is 16.5. The molecule has 0 amide bonds. The van der Waals surface area contributed by atoms with E-state index in [1.54, 1.807) is 0 Å². The van der Waals surface area contributed by atoms with E-state index in [0.29, 0.717) is 0 Å². The van der Waals surface area contributed by atoms with Crippen molar-refractivity contribution in [3.05, 3.63) is 65.2 Å². The monoisotopic (exact) mass is 272 g/mol. The highest BCUT2D eigenvalue weighted by Crippen LogP contribution is 2.41. The van der Waals surface area contributed by atoms with Gasteiger partial charge in [-0.1, -0.05) is 50.2 Å². The van der Waals surface area contributed by atoms with Gasteiger partial charge < -0.3 is 4.74 Å². The van der Waals surface area contributed by atoms with Gasteiger partial charge in [-0.25, -0.2) is 0 Å². The van der Waals surface area contributed by atoms with E-state index in [0.717, 1.165) is 23.5 Å². The Balaban J connectivity index is 1.99. The third-order valence-electron chi connectivity index (χ3n) is 3.71. The molecule has 1 aliphatic heterocycles. The highest BCUT2D eigenvalue weighted by molar-refractivity contribution is 6.22. The van der Waals surface area contributed by atoms with E-state index in [2.05, 4.69) is 38.1 Å². The van der Waals surface area contributed by atoms with Crippen molar-refractivity contribution in [2.24, 2.45) is 0 Å². The highest BCUT2D eigenvalue weighted by atomic mass is 35.5. The fourth-order valence-corrected chi connectivity index (χ4v) is 2.79. The van der Waals surface area contributed by atoms with E-state index in [1.165, 1.54) is 5.56 Å². The summed E-state index contributed by atoms with van der Waals surface area (Å²) >= 11 is 6.59. The maximum atomic E-state index is 6.59. The maximum absolute atomic E-state index is 6.59. The van der Waals surface area contributed by atoms with Gasteiger partial charge in [-0.3, -0.25) is 0 Å². The molecule has 1 aliphatic rings. The summed E-state index contributed by atoms with van der Waals surface area (Å²) in [7, 11) is 0. The first-order valence-corrected chi connectivity index (χ1v) is 6.98. The molecule has 0 aromatic heterocycles. The molecule has 0 spiro atoms. The molecule has 0 radical (unpaired) electrons. The summed E-state index contributed by atoms with van der Waals surface area (Å²) in [4.78, 5) is 0. The summed E-state index contributed by atoms with van der Waals surface area (Å²) in [5, 5.41) is -0.108. The average Bonchev–Trinajstić information content (AvgIpc) is 2.74. The van der Waals surface area contributed by atoms with Crippen molar-refractivity contribution in [2.75, 3.05) is 6.61 Å². The lowest BCUT2D eigenvalue weighted by Crippen LogP contribution is -2.18. The van der Waals surface area contributed by atoms with Gasteiger partial charge in [0.05, 0.1) is 12.0 Å². The summed E-state index contributed by atoms with van der Waals surface area (Å²) in [6.07, 6.45) is 0. The molecule has 0 saturated heterocycles. The molecule has 1 nitrogen and oxygen atoms in total. The van der Waals surface area contributed by atoms with Crippen LogP contribution >= 0.6 is 11.6 Å². The Labute approximate surface area is 119 Å². The van der Waals surface area contributed by atoms with Crippen molar-refractivity contribution in [1.82, 2.24) is 0 Å². The Morgan fingerprint density at radius 2 is 1.79 bits per heavy atom. The molecule has 1 atom stereocenters. The van der Waals surface area contributed by atoms with Crippen LogP contribution < -0.4 is 4.74 Å². The molecule has 2 heteroatoms. The number of ether oxygens (including phenoxy) is 1. The van der Waals surface area contributed by atoms with Gasteiger partial charge in [-0.05, 0) is 23.3 Å². The fourth-order valence-electron chi connectivity index (χ4n) is 2.51. The molecule has 1 unspecified atom stereocenters. The van der Waals surface area contributed by atoms with Gasteiger partial charge in [0.15, 0.2) is 0 Å². The lowest BCUT2D eigenvalue weighted by atomic mass is 9.85.